The SMILES string of the molecule is O=C1Nc2ccccc2C(O)(C(=O)NCCCN2CCCC2)N1c1ccccc1. The zero-order valence-corrected chi connectivity index (χ0v) is 16.3. The predicted molar refractivity (Wildman–Crippen MR) is 112 cm³/mol. The van der Waals surface area contributed by atoms with E-state index in [1.54, 1.807) is 48.5 Å². The molecule has 1 saturated heterocycles. The van der Waals surface area contributed by atoms with Gasteiger partial charge in [-0.2, -0.15) is 0 Å². The van der Waals surface area contributed by atoms with Gasteiger partial charge in [0.15, 0.2) is 0 Å². The summed E-state index contributed by atoms with van der Waals surface area (Å²) in [5, 5.41) is 17.2. The first-order valence-electron chi connectivity index (χ1n) is 10.1. The van der Waals surface area contributed by atoms with E-state index in [1.807, 2.05) is 6.07 Å². The Morgan fingerprint density at radius 1 is 1.07 bits per heavy atom. The van der Waals surface area contributed by atoms with Crippen molar-refractivity contribution in [2.75, 3.05) is 36.4 Å². The molecule has 2 heterocycles. The van der Waals surface area contributed by atoms with Crippen molar-refractivity contribution in [3.8, 4) is 0 Å². The standard InChI is InChI=1S/C22H26N4O3/c27-20(23-13-8-16-25-14-6-7-15-25)22(29)18-11-4-5-12-19(18)24-21(28)26(22)17-9-2-1-3-10-17/h1-5,9-12,29H,6-8,13-16H2,(H,23,27)(H,24,28). The van der Waals surface area contributed by atoms with Crippen LogP contribution in [0.5, 0.6) is 0 Å². The Balaban J connectivity index is 1.58. The van der Waals surface area contributed by atoms with Crippen LogP contribution in [0.4, 0.5) is 16.2 Å². The van der Waals surface area contributed by atoms with Crippen LogP contribution in [-0.2, 0) is 10.5 Å². The Hall–Kier alpha value is -2.90. The van der Waals surface area contributed by atoms with Crippen molar-refractivity contribution in [2.24, 2.45) is 0 Å². The van der Waals surface area contributed by atoms with Crippen molar-refractivity contribution < 1.29 is 14.7 Å². The van der Waals surface area contributed by atoms with Crippen LogP contribution in [0.3, 0.4) is 0 Å². The third kappa shape index (κ3) is 3.71. The lowest BCUT2D eigenvalue weighted by Gasteiger charge is -2.42. The van der Waals surface area contributed by atoms with Gasteiger partial charge in [-0.15, -0.1) is 0 Å². The number of nitrogens with zero attached hydrogens (tertiary/aromatic N) is 2. The lowest BCUT2D eigenvalue weighted by Crippen LogP contribution is -2.62. The molecule has 152 valence electrons. The number of carbonyl (C=O) groups is 2. The van der Waals surface area contributed by atoms with Gasteiger partial charge in [0.2, 0.25) is 0 Å². The second-order valence-corrected chi connectivity index (χ2v) is 7.48. The molecule has 0 bridgehead atoms. The largest absolute Gasteiger partial charge is 0.359 e. The van der Waals surface area contributed by atoms with E-state index in [0.717, 1.165) is 31.0 Å². The number of anilines is 2. The van der Waals surface area contributed by atoms with Crippen molar-refractivity contribution in [1.82, 2.24) is 10.2 Å². The average molecular weight is 394 g/mol. The minimum Gasteiger partial charge on any atom is -0.359 e. The number of benzene rings is 2. The van der Waals surface area contributed by atoms with E-state index < -0.39 is 17.7 Å². The highest BCUT2D eigenvalue weighted by molar-refractivity contribution is 6.11. The zero-order valence-electron chi connectivity index (χ0n) is 16.3. The Kier molecular flexibility index (Phi) is 5.51. The number of aliphatic hydroxyl groups is 1. The summed E-state index contributed by atoms with van der Waals surface area (Å²) in [6.45, 7) is 3.56. The van der Waals surface area contributed by atoms with Gasteiger partial charge >= 0.3 is 6.03 Å². The summed E-state index contributed by atoms with van der Waals surface area (Å²) in [6.07, 6.45) is 3.25. The van der Waals surface area contributed by atoms with Gasteiger partial charge in [0.1, 0.15) is 0 Å². The highest BCUT2D eigenvalue weighted by Gasteiger charge is 2.51. The van der Waals surface area contributed by atoms with E-state index in [4.69, 9.17) is 0 Å². The van der Waals surface area contributed by atoms with Gasteiger partial charge in [0.05, 0.1) is 5.69 Å². The molecule has 3 amide bonds. The van der Waals surface area contributed by atoms with Crippen LogP contribution < -0.4 is 15.5 Å². The fraction of sp³-hybridized carbons (Fsp3) is 0.364. The Morgan fingerprint density at radius 3 is 2.52 bits per heavy atom. The molecular formula is C22H26N4O3. The van der Waals surface area contributed by atoms with Gasteiger partial charge < -0.3 is 20.6 Å². The summed E-state index contributed by atoms with van der Waals surface area (Å²) in [5.41, 5.74) is -0.914. The van der Waals surface area contributed by atoms with Crippen LogP contribution >= 0.6 is 0 Å². The average Bonchev–Trinajstić information content (AvgIpc) is 3.25. The van der Waals surface area contributed by atoms with Crippen molar-refractivity contribution in [3.05, 3.63) is 60.2 Å². The van der Waals surface area contributed by atoms with E-state index in [0.29, 0.717) is 23.5 Å². The molecule has 1 unspecified atom stereocenters. The van der Waals surface area contributed by atoms with Crippen molar-refractivity contribution in [1.29, 1.82) is 0 Å². The minimum absolute atomic E-state index is 0.348. The third-order valence-corrected chi connectivity index (χ3v) is 5.54. The van der Waals surface area contributed by atoms with Gasteiger partial charge in [0, 0.05) is 17.8 Å². The van der Waals surface area contributed by atoms with Gasteiger partial charge in [-0.25, -0.2) is 4.79 Å². The summed E-state index contributed by atoms with van der Waals surface area (Å²) in [5.74, 6) is -0.606. The number of amides is 3. The van der Waals surface area contributed by atoms with Crippen LogP contribution in [0.15, 0.2) is 54.6 Å². The van der Waals surface area contributed by atoms with E-state index in [1.165, 1.54) is 12.8 Å². The number of fused-ring (bicyclic) bond motifs is 1. The van der Waals surface area contributed by atoms with Crippen LogP contribution in [0.1, 0.15) is 24.8 Å². The molecule has 2 aromatic rings. The topological polar surface area (TPSA) is 84.9 Å². The molecule has 29 heavy (non-hydrogen) atoms. The first-order chi connectivity index (χ1) is 14.1. The fourth-order valence-corrected chi connectivity index (χ4v) is 4.07. The number of likely N-dealkylation sites (tertiary alicyclic amines) is 1. The van der Waals surface area contributed by atoms with E-state index in [2.05, 4.69) is 15.5 Å². The molecule has 3 N–H and O–H groups in total. The van der Waals surface area contributed by atoms with Crippen molar-refractivity contribution >= 4 is 23.3 Å². The molecule has 0 aliphatic carbocycles. The van der Waals surface area contributed by atoms with Crippen LogP contribution in [-0.4, -0.2) is 48.1 Å². The Morgan fingerprint density at radius 2 is 1.76 bits per heavy atom. The minimum atomic E-state index is -2.13. The molecule has 0 radical (unpaired) electrons. The van der Waals surface area contributed by atoms with Gasteiger partial charge in [-0.3, -0.25) is 9.69 Å². The molecule has 7 heteroatoms. The summed E-state index contributed by atoms with van der Waals surface area (Å²) in [6, 6.07) is 15.0. The quantitative estimate of drug-likeness (QED) is 0.657. The van der Waals surface area contributed by atoms with E-state index >= 15 is 0 Å². The fourth-order valence-electron chi connectivity index (χ4n) is 4.07. The lowest BCUT2D eigenvalue weighted by molar-refractivity contribution is -0.140. The summed E-state index contributed by atoms with van der Waals surface area (Å²) >= 11 is 0. The van der Waals surface area contributed by atoms with Crippen molar-refractivity contribution in [3.63, 3.8) is 0 Å². The number of carbonyl (C=O) groups excluding carboxylic acids is 2. The molecule has 2 aliphatic rings. The zero-order chi connectivity index (χ0) is 20.3. The molecular weight excluding hydrogens is 368 g/mol. The molecule has 0 saturated carbocycles. The highest BCUT2D eigenvalue weighted by atomic mass is 16.3. The number of nitrogens with one attached hydrogen (secondary N) is 2. The second kappa shape index (κ2) is 8.23. The van der Waals surface area contributed by atoms with Crippen LogP contribution in [0.2, 0.25) is 0 Å². The molecule has 4 rings (SSSR count). The third-order valence-electron chi connectivity index (χ3n) is 5.54. The second-order valence-electron chi connectivity index (χ2n) is 7.48. The number of rotatable bonds is 6. The molecule has 0 spiro atoms. The maximum Gasteiger partial charge on any atom is 0.329 e. The molecule has 2 aliphatic heterocycles. The predicted octanol–water partition coefficient (Wildman–Crippen LogP) is 2.49. The maximum atomic E-state index is 13.2. The van der Waals surface area contributed by atoms with E-state index in [9.17, 15) is 14.7 Å². The first kappa shape index (κ1) is 19.4. The highest BCUT2D eigenvalue weighted by Crippen LogP contribution is 2.39. The molecule has 0 aromatic heterocycles. The molecule has 1 fully saturated rings. The number of hydrogen-bond donors (Lipinski definition) is 3. The van der Waals surface area contributed by atoms with E-state index in [-0.39, 0.29) is 0 Å². The molecule has 1 atom stereocenters. The van der Waals surface area contributed by atoms with Crippen LogP contribution in [0.25, 0.3) is 0 Å². The number of hydrogen-bond acceptors (Lipinski definition) is 4. The monoisotopic (exact) mass is 394 g/mol. The molecule has 7 nitrogen and oxygen atoms in total. The first-order valence-corrected chi connectivity index (χ1v) is 10.1. The van der Waals surface area contributed by atoms with Gasteiger partial charge in [-0.1, -0.05) is 36.4 Å². The Labute approximate surface area is 170 Å². The van der Waals surface area contributed by atoms with Crippen LogP contribution in [0, 0.1) is 0 Å². The number of para-hydroxylation sites is 2. The summed E-state index contributed by atoms with van der Waals surface area (Å²) < 4.78 is 0. The summed E-state index contributed by atoms with van der Waals surface area (Å²) in [7, 11) is 0. The van der Waals surface area contributed by atoms with Gasteiger partial charge in [-0.05, 0) is 57.1 Å². The summed E-state index contributed by atoms with van der Waals surface area (Å²) in [4.78, 5) is 29.6. The lowest BCUT2D eigenvalue weighted by atomic mass is 9.95. The number of urea groups is 1. The van der Waals surface area contributed by atoms with Crippen molar-refractivity contribution in [2.45, 2.75) is 25.0 Å². The van der Waals surface area contributed by atoms with Gasteiger partial charge in [0.25, 0.3) is 11.6 Å². The normalized spacial score (nSPS) is 21.6. The Bertz CT molecular complexity index is 883. The molecule has 2 aromatic carbocycles. The maximum absolute atomic E-state index is 13.2. The smallest absolute Gasteiger partial charge is 0.329 e.